The highest BCUT2D eigenvalue weighted by Crippen LogP contribution is 2.38. The van der Waals surface area contributed by atoms with Crippen molar-refractivity contribution in [1.29, 1.82) is 0 Å². The van der Waals surface area contributed by atoms with Gasteiger partial charge in [-0.3, -0.25) is 10.1 Å². The van der Waals surface area contributed by atoms with Gasteiger partial charge in [0.25, 0.3) is 0 Å². The van der Waals surface area contributed by atoms with Gasteiger partial charge in [0, 0.05) is 12.6 Å². The van der Waals surface area contributed by atoms with Crippen LogP contribution in [0.5, 0.6) is 5.75 Å². The van der Waals surface area contributed by atoms with E-state index in [1.165, 1.54) is 6.07 Å². The minimum atomic E-state index is -0.489. The Kier molecular flexibility index (Phi) is 3.55. The molecule has 0 atom stereocenters. The summed E-state index contributed by atoms with van der Waals surface area (Å²) in [6.07, 6.45) is 0. The van der Waals surface area contributed by atoms with Gasteiger partial charge in [0.2, 0.25) is 5.82 Å². The van der Waals surface area contributed by atoms with E-state index in [9.17, 15) is 10.1 Å². The van der Waals surface area contributed by atoms with Crippen molar-refractivity contribution < 1.29 is 9.66 Å². The average molecular weight is 264 g/mol. The number of nitro benzene ring substituents is 1. The largest absolute Gasteiger partial charge is 0.487 e. The first-order valence-electron chi connectivity index (χ1n) is 5.54. The summed E-state index contributed by atoms with van der Waals surface area (Å²) < 4.78 is 5.31. The van der Waals surface area contributed by atoms with Gasteiger partial charge < -0.3 is 10.1 Å². The van der Waals surface area contributed by atoms with E-state index >= 15 is 0 Å². The number of nitro groups is 1. The number of benzene rings is 1. The lowest BCUT2D eigenvalue weighted by Gasteiger charge is -2.09. The Balaban J connectivity index is 2.61. The normalized spacial score (nSPS) is 10.2. The van der Waals surface area contributed by atoms with Crippen LogP contribution in [-0.2, 0) is 0 Å². The summed E-state index contributed by atoms with van der Waals surface area (Å²) >= 11 is 0. The van der Waals surface area contributed by atoms with Crippen molar-refractivity contribution in [1.82, 2.24) is 20.6 Å². The molecule has 2 aromatic rings. The molecule has 9 heteroatoms. The molecule has 1 heterocycles. The Labute approximate surface area is 108 Å². The highest BCUT2D eigenvalue weighted by Gasteiger charge is 2.23. The standard InChI is InChI=1S/C10H12N6O3/c1-3-19-8-5-6(10-12-14-15-13-10)4-7(11-2)9(8)16(17)18/h4-5,11H,3H2,1-2H3,(H,12,13,14,15). The number of aromatic nitrogens is 4. The number of H-pyrrole nitrogens is 1. The molecule has 0 radical (unpaired) electrons. The van der Waals surface area contributed by atoms with E-state index in [1.807, 2.05) is 0 Å². The molecular formula is C10H12N6O3. The highest BCUT2D eigenvalue weighted by molar-refractivity contribution is 5.76. The van der Waals surface area contributed by atoms with Crippen molar-refractivity contribution in [3.8, 4) is 17.1 Å². The van der Waals surface area contributed by atoms with Crippen molar-refractivity contribution in [2.75, 3.05) is 19.0 Å². The third-order valence-corrected chi connectivity index (χ3v) is 2.43. The molecule has 2 N–H and O–H groups in total. The Hall–Kier alpha value is -2.71. The van der Waals surface area contributed by atoms with E-state index < -0.39 is 4.92 Å². The second kappa shape index (κ2) is 5.29. The monoisotopic (exact) mass is 264 g/mol. The number of nitrogens with zero attached hydrogens (tertiary/aromatic N) is 4. The Bertz CT molecular complexity index is 583. The van der Waals surface area contributed by atoms with Crippen LogP contribution in [0, 0.1) is 10.1 Å². The molecular weight excluding hydrogens is 252 g/mol. The van der Waals surface area contributed by atoms with Crippen molar-refractivity contribution in [3.05, 3.63) is 22.2 Å². The maximum atomic E-state index is 11.1. The zero-order valence-corrected chi connectivity index (χ0v) is 10.4. The third kappa shape index (κ3) is 2.44. The number of hydrogen-bond donors (Lipinski definition) is 2. The first-order valence-corrected chi connectivity index (χ1v) is 5.54. The van der Waals surface area contributed by atoms with Crippen LogP contribution < -0.4 is 10.1 Å². The molecule has 0 saturated heterocycles. The predicted molar refractivity (Wildman–Crippen MR) is 67.0 cm³/mol. The quantitative estimate of drug-likeness (QED) is 0.615. The summed E-state index contributed by atoms with van der Waals surface area (Å²) in [7, 11) is 1.60. The Morgan fingerprint density at radius 1 is 1.53 bits per heavy atom. The summed E-state index contributed by atoms with van der Waals surface area (Å²) in [5.74, 6) is 0.506. The smallest absolute Gasteiger partial charge is 0.333 e. The van der Waals surface area contributed by atoms with Crippen molar-refractivity contribution in [2.45, 2.75) is 6.92 Å². The molecule has 1 aromatic heterocycles. The molecule has 0 saturated carbocycles. The second-order valence-electron chi connectivity index (χ2n) is 3.55. The third-order valence-electron chi connectivity index (χ3n) is 2.43. The number of hydrogen-bond acceptors (Lipinski definition) is 7. The first kappa shape index (κ1) is 12.7. The van der Waals surface area contributed by atoms with Gasteiger partial charge in [0.15, 0.2) is 5.75 Å². The van der Waals surface area contributed by atoms with Gasteiger partial charge in [-0.1, -0.05) is 0 Å². The molecule has 0 bridgehead atoms. The van der Waals surface area contributed by atoms with Gasteiger partial charge in [0.05, 0.1) is 11.5 Å². The second-order valence-corrected chi connectivity index (χ2v) is 3.55. The molecule has 0 aliphatic heterocycles. The van der Waals surface area contributed by atoms with Gasteiger partial charge in [-0.15, -0.1) is 10.2 Å². The molecule has 100 valence electrons. The number of aromatic amines is 1. The summed E-state index contributed by atoms with van der Waals surface area (Å²) in [5, 5.41) is 27.3. The summed E-state index contributed by atoms with van der Waals surface area (Å²) in [6, 6.07) is 3.10. The fourth-order valence-corrected chi connectivity index (χ4v) is 1.67. The molecule has 0 amide bonds. The van der Waals surface area contributed by atoms with Crippen molar-refractivity contribution in [2.24, 2.45) is 0 Å². The molecule has 0 aliphatic rings. The van der Waals surface area contributed by atoms with Crippen LogP contribution in [0.4, 0.5) is 11.4 Å². The highest BCUT2D eigenvalue weighted by atomic mass is 16.6. The first-order chi connectivity index (χ1) is 9.17. The molecule has 9 nitrogen and oxygen atoms in total. The van der Waals surface area contributed by atoms with Crippen LogP contribution in [0.25, 0.3) is 11.4 Å². The molecule has 1 aromatic carbocycles. The summed E-state index contributed by atoms with van der Waals surface area (Å²) in [6.45, 7) is 2.07. The van der Waals surface area contributed by atoms with E-state index in [-0.39, 0.29) is 11.4 Å². The zero-order chi connectivity index (χ0) is 13.8. The number of nitrogens with one attached hydrogen (secondary N) is 2. The average Bonchev–Trinajstić information content (AvgIpc) is 2.91. The minimum Gasteiger partial charge on any atom is -0.487 e. The molecule has 0 fully saturated rings. The van der Waals surface area contributed by atoms with Crippen LogP contribution in [-0.4, -0.2) is 39.2 Å². The van der Waals surface area contributed by atoms with Crippen molar-refractivity contribution >= 4 is 11.4 Å². The van der Waals surface area contributed by atoms with Gasteiger partial charge >= 0.3 is 5.69 Å². The topological polar surface area (TPSA) is 119 Å². The lowest BCUT2D eigenvalue weighted by molar-refractivity contribution is -0.384. The molecule has 19 heavy (non-hydrogen) atoms. The molecule has 0 unspecified atom stereocenters. The Morgan fingerprint density at radius 3 is 2.84 bits per heavy atom. The lowest BCUT2D eigenvalue weighted by Crippen LogP contribution is -2.02. The number of anilines is 1. The lowest BCUT2D eigenvalue weighted by atomic mass is 10.1. The fraction of sp³-hybridized carbons (Fsp3) is 0.300. The van der Waals surface area contributed by atoms with Gasteiger partial charge in [-0.25, -0.2) is 0 Å². The van der Waals surface area contributed by atoms with Crippen LogP contribution >= 0.6 is 0 Å². The SMILES string of the molecule is CCOc1cc(-c2nn[nH]n2)cc(NC)c1[N+](=O)[O-]. The van der Waals surface area contributed by atoms with E-state index in [4.69, 9.17) is 4.74 Å². The van der Waals surface area contributed by atoms with Gasteiger partial charge in [-0.05, 0) is 24.3 Å². The molecule has 0 spiro atoms. The van der Waals surface area contributed by atoms with Crippen LogP contribution in [0.2, 0.25) is 0 Å². The van der Waals surface area contributed by atoms with E-state index in [2.05, 4.69) is 25.9 Å². The van der Waals surface area contributed by atoms with Gasteiger partial charge in [0.1, 0.15) is 5.69 Å². The zero-order valence-electron chi connectivity index (χ0n) is 10.4. The number of rotatable bonds is 5. The Morgan fingerprint density at radius 2 is 2.32 bits per heavy atom. The minimum absolute atomic E-state index is 0.114. The molecule has 0 aliphatic carbocycles. The number of tetrazole rings is 1. The van der Waals surface area contributed by atoms with Crippen LogP contribution in [0.3, 0.4) is 0 Å². The van der Waals surface area contributed by atoms with Crippen molar-refractivity contribution in [3.63, 3.8) is 0 Å². The maximum Gasteiger partial charge on any atom is 0.333 e. The predicted octanol–water partition coefficient (Wildman–Crippen LogP) is 1.22. The summed E-state index contributed by atoms with van der Waals surface area (Å²) in [5.41, 5.74) is 0.791. The summed E-state index contributed by atoms with van der Waals surface area (Å²) in [4.78, 5) is 10.6. The van der Waals surface area contributed by atoms with Crippen LogP contribution in [0.15, 0.2) is 12.1 Å². The number of ether oxygens (including phenoxy) is 1. The van der Waals surface area contributed by atoms with E-state index in [0.29, 0.717) is 23.7 Å². The maximum absolute atomic E-state index is 11.1. The van der Waals surface area contributed by atoms with Crippen LogP contribution in [0.1, 0.15) is 6.92 Å². The van der Waals surface area contributed by atoms with Gasteiger partial charge in [-0.2, -0.15) is 5.21 Å². The molecule has 2 rings (SSSR count). The van der Waals surface area contributed by atoms with E-state index in [1.54, 1.807) is 20.0 Å². The fourth-order valence-electron chi connectivity index (χ4n) is 1.67. The van der Waals surface area contributed by atoms with E-state index in [0.717, 1.165) is 0 Å².